The van der Waals surface area contributed by atoms with Crippen molar-refractivity contribution in [2.75, 3.05) is 7.11 Å². The van der Waals surface area contributed by atoms with Gasteiger partial charge < -0.3 is 15.5 Å². The van der Waals surface area contributed by atoms with Crippen LogP contribution in [-0.4, -0.2) is 24.1 Å². The number of ether oxygens (including phenoxy) is 1. The quantitative estimate of drug-likeness (QED) is 0.761. The van der Waals surface area contributed by atoms with Crippen molar-refractivity contribution in [3.05, 3.63) is 36.0 Å². The topological polar surface area (TPSA) is 68.1 Å². The van der Waals surface area contributed by atoms with E-state index in [0.29, 0.717) is 6.42 Å². The van der Waals surface area contributed by atoms with Crippen LogP contribution in [0, 0.1) is 0 Å². The number of fused-ring (bicyclic) bond motifs is 1. The molecule has 2 rings (SSSR count). The van der Waals surface area contributed by atoms with Gasteiger partial charge in [-0.3, -0.25) is 4.79 Å². The van der Waals surface area contributed by atoms with Crippen LogP contribution in [0.25, 0.3) is 10.9 Å². The van der Waals surface area contributed by atoms with Gasteiger partial charge in [0.25, 0.3) is 0 Å². The Morgan fingerprint density at radius 1 is 1.50 bits per heavy atom. The van der Waals surface area contributed by atoms with Crippen LogP contribution in [0.5, 0.6) is 0 Å². The van der Waals surface area contributed by atoms with Crippen molar-refractivity contribution in [1.82, 2.24) is 4.98 Å². The molecular weight excluding hydrogens is 204 g/mol. The molecule has 84 valence electrons. The van der Waals surface area contributed by atoms with E-state index in [-0.39, 0.29) is 5.97 Å². The van der Waals surface area contributed by atoms with Crippen LogP contribution in [0.2, 0.25) is 0 Å². The van der Waals surface area contributed by atoms with Gasteiger partial charge in [-0.15, -0.1) is 0 Å². The number of esters is 1. The number of carbonyl (C=O) groups is 1. The summed E-state index contributed by atoms with van der Waals surface area (Å²) in [7, 11) is 1.35. The van der Waals surface area contributed by atoms with Gasteiger partial charge in [0.15, 0.2) is 0 Å². The minimum absolute atomic E-state index is 0.382. The summed E-state index contributed by atoms with van der Waals surface area (Å²) in [5, 5.41) is 1.10. The normalized spacial score (nSPS) is 12.6. The number of aromatic amines is 1. The summed E-state index contributed by atoms with van der Waals surface area (Å²) in [4.78, 5) is 14.4. The van der Waals surface area contributed by atoms with Crippen LogP contribution >= 0.6 is 0 Å². The van der Waals surface area contributed by atoms with Crippen molar-refractivity contribution in [3.63, 3.8) is 0 Å². The van der Waals surface area contributed by atoms with E-state index in [1.165, 1.54) is 7.11 Å². The van der Waals surface area contributed by atoms with Crippen molar-refractivity contribution < 1.29 is 9.53 Å². The third-order valence-electron chi connectivity index (χ3n) is 2.63. The van der Waals surface area contributed by atoms with E-state index in [2.05, 4.69) is 9.72 Å². The third kappa shape index (κ3) is 1.92. The first-order valence-corrected chi connectivity index (χ1v) is 5.11. The van der Waals surface area contributed by atoms with Crippen molar-refractivity contribution in [2.24, 2.45) is 5.73 Å². The zero-order valence-corrected chi connectivity index (χ0v) is 9.07. The van der Waals surface area contributed by atoms with Gasteiger partial charge in [0, 0.05) is 17.1 Å². The van der Waals surface area contributed by atoms with Gasteiger partial charge >= 0.3 is 5.97 Å². The fourth-order valence-electron chi connectivity index (χ4n) is 1.80. The average molecular weight is 218 g/mol. The Hall–Kier alpha value is -1.81. The Kier molecular flexibility index (Phi) is 2.92. The summed E-state index contributed by atoms with van der Waals surface area (Å²) in [5.74, 6) is -0.382. The van der Waals surface area contributed by atoms with Crippen LogP contribution in [0.15, 0.2) is 30.5 Å². The fraction of sp³-hybridized carbons (Fsp3) is 0.250. The minimum Gasteiger partial charge on any atom is -0.468 e. The van der Waals surface area contributed by atoms with E-state index in [1.807, 2.05) is 30.5 Å². The number of carbonyl (C=O) groups excluding carboxylic acids is 1. The Balaban J connectivity index is 2.27. The molecule has 4 heteroatoms. The van der Waals surface area contributed by atoms with Crippen molar-refractivity contribution in [3.8, 4) is 0 Å². The number of nitrogens with two attached hydrogens (primary N) is 1. The molecule has 0 fully saturated rings. The molecule has 0 saturated heterocycles. The van der Waals surface area contributed by atoms with Crippen molar-refractivity contribution >= 4 is 16.9 Å². The SMILES string of the molecule is COC(=O)C(N)Cc1cccc2[nH]ccc12. The predicted molar refractivity (Wildman–Crippen MR) is 62.0 cm³/mol. The summed E-state index contributed by atoms with van der Waals surface area (Å²) in [6.45, 7) is 0. The molecule has 2 aromatic rings. The van der Waals surface area contributed by atoms with Crippen molar-refractivity contribution in [1.29, 1.82) is 0 Å². The first-order valence-electron chi connectivity index (χ1n) is 5.11. The lowest BCUT2D eigenvalue weighted by Gasteiger charge is -2.09. The predicted octanol–water partition coefficient (Wildman–Crippen LogP) is 1.21. The molecule has 0 spiro atoms. The number of nitrogens with one attached hydrogen (secondary N) is 1. The smallest absolute Gasteiger partial charge is 0.322 e. The standard InChI is InChI=1S/C12H14N2O2/c1-16-12(15)10(13)7-8-3-2-4-11-9(8)5-6-14-11/h2-6,10,14H,7,13H2,1H3. The minimum atomic E-state index is -0.606. The van der Waals surface area contributed by atoms with Gasteiger partial charge in [-0.2, -0.15) is 0 Å². The first-order chi connectivity index (χ1) is 7.72. The fourth-order valence-corrected chi connectivity index (χ4v) is 1.80. The Morgan fingerprint density at radius 2 is 2.31 bits per heavy atom. The molecule has 0 aliphatic carbocycles. The van der Waals surface area contributed by atoms with Crippen LogP contribution in [0.1, 0.15) is 5.56 Å². The lowest BCUT2D eigenvalue weighted by molar-refractivity contribution is -0.142. The molecule has 16 heavy (non-hydrogen) atoms. The van der Waals surface area contributed by atoms with E-state index >= 15 is 0 Å². The van der Waals surface area contributed by atoms with Crippen molar-refractivity contribution in [2.45, 2.75) is 12.5 Å². The van der Waals surface area contributed by atoms with Gasteiger partial charge in [0.05, 0.1) is 7.11 Å². The van der Waals surface area contributed by atoms with E-state index in [4.69, 9.17) is 5.73 Å². The number of aromatic nitrogens is 1. The molecule has 0 aliphatic heterocycles. The summed E-state index contributed by atoms with van der Waals surface area (Å²) in [5.41, 5.74) is 7.84. The molecule has 0 saturated carbocycles. The lowest BCUT2D eigenvalue weighted by Crippen LogP contribution is -2.33. The van der Waals surface area contributed by atoms with Gasteiger partial charge in [0.2, 0.25) is 0 Å². The highest BCUT2D eigenvalue weighted by molar-refractivity contribution is 5.84. The van der Waals surface area contributed by atoms with E-state index in [1.54, 1.807) is 0 Å². The van der Waals surface area contributed by atoms with Gasteiger partial charge in [-0.25, -0.2) is 0 Å². The highest BCUT2D eigenvalue weighted by atomic mass is 16.5. The van der Waals surface area contributed by atoms with Crippen LogP contribution in [0.3, 0.4) is 0 Å². The van der Waals surface area contributed by atoms with E-state index in [9.17, 15) is 4.79 Å². The molecule has 0 aliphatic rings. The molecule has 1 unspecified atom stereocenters. The number of methoxy groups -OCH3 is 1. The summed E-state index contributed by atoms with van der Waals surface area (Å²) >= 11 is 0. The Morgan fingerprint density at radius 3 is 3.06 bits per heavy atom. The highest BCUT2D eigenvalue weighted by Crippen LogP contribution is 2.18. The summed E-state index contributed by atoms with van der Waals surface area (Å²) in [6, 6.07) is 7.28. The molecule has 1 aromatic carbocycles. The number of hydrogen-bond acceptors (Lipinski definition) is 3. The lowest BCUT2D eigenvalue weighted by atomic mass is 10.0. The first kappa shape index (κ1) is 10.7. The maximum Gasteiger partial charge on any atom is 0.322 e. The summed E-state index contributed by atoms with van der Waals surface area (Å²) < 4.78 is 4.61. The largest absolute Gasteiger partial charge is 0.468 e. The van der Waals surface area contributed by atoms with Gasteiger partial charge in [0.1, 0.15) is 6.04 Å². The van der Waals surface area contributed by atoms with Crippen LogP contribution < -0.4 is 5.73 Å². The second-order valence-corrected chi connectivity index (χ2v) is 3.69. The molecule has 1 aromatic heterocycles. The number of benzene rings is 1. The molecule has 3 N–H and O–H groups in total. The molecule has 1 heterocycles. The van der Waals surface area contributed by atoms with Gasteiger partial charge in [-0.1, -0.05) is 12.1 Å². The van der Waals surface area contributed by atoms with Gasteiger partial charge in [-0.05, 0) is 24.1 Å². The molecule has 0 amide bonds. The monoisotopic (exact) mass is 218 g/mol. The molecule has 0 bridgehead atoms. The highest BCUT2D eigenvalue weighted by Gasteiger charge is 2.15. The van der Waals surface area contributed by atoms with E-state index < -0.39 is 6.04 Å². The molecule has 0 radical (unpaired) electrons. The molecule has 4 nitrogen and oxygen atoms in total. The van der Waals surface area contributed by atoms with E-state index in [0.717, 1.165) is 16.5 Å². The Labute approximate surface area is 93.4 Å². The molecule has 1 atom stereocenters. The van der Waals surface area contributed by atoms with Crippen LogP contribution in [-0.2, 0) is 16.0 Å². The average Bonchev–Trinajstić information content (AvgIpc) is 2.77. The number of H-pyrrole nitrogens is 1. The second kappa shape index (κ2) is 4.37. The van der Waals surface area contributed by atoms with Crippen LogP contribution in [0.4, 0.5) is 0 Å². The maximum absolute atomic E-state index is 11.2. The third-order valence-corrected chi connectivity index (χ3v) is 2.63. The second-order valence-electron chi connectivity index (χ2n) is 3.69. The Bertz CT molecular complexity index is 504. The molecular formula is C12H14N2O2. The zero-order chi connectivity index (χ0) is 11.5. The maximum atomic E-state index is 11.2. The zero-order valence-electron chi connectivity index (χ0n) is 9.07. The number of rotatable bonds is 3. The number of hydrogen-bond donors (Lipinski definition) is 2. The summed E-state index contributed by atoms with van der Waals surface area (Å²) in [6.07, 6.45) is 2.36.